The van der Waals surface area contributed by atoms with Gasteiger partial charge in [-0.05, 0) is 42.2 Å². The smallest absolute Gasteiger partial charge is 0.416 e. The molecular weight excluding hydrogens is 395 g/mol. The molecule has 1 aliphatic rings. The fourth-order valence-corrected chi connectivity index (χ4v) is 3.82. The number of benzene rings is 2. The van der Waals surface area contributed by atoms with Crippen molar-refractivity contribution in [3.05, 3.63) is 75.1 Å². The molecule has 1 aliphatic heterocycles. The van der Waals surface area contributed by atoms with Crippen molar-refractivity contribution in [3.8, 4) is 5.75 Å². The molecule has 0 amide bonds. The Morgan fingerprint density at radius 3 is 2.73 bits per heavy atom. The minimum absolute atomic E-state index is 0.245. The van der Waals surface area contributed by atoms with Gasteiger partial charge >= 0.3 is 11.8 Å². The van der Waals surface area contributed by atoms with Gasteiger partial charge in [0.05, 0.1) is 11.1 Å². The summed E-state index contributed by atoms with van der Waals surface area (Å²) in [5.41, 5.74) is 1.66. The Morgan fingerprint density at radius 1 is 1.13 bits per heavy atom. The van der Waals surface area contributed by atoms with Gasteiger partial charge in [0.2, 0.25) is 0 Å². The number of halogens is 3. The Hall–Kier alpha value is -2.80. The third-order valence-electron chi connectivity index (χ3n) is 5.30. The topological polar surface area (TPSA) is 42.7 Å². The molecule has 0 N–H and O–H groups in total. The quantitative estimate of drug-likeness (QED) is 0.514. The highest BCUT2D eigenvalue weighted by atomic mass is 19.4. The van der Waals surface area contributed by atoms with Crippen LogP contribution in [0.3, 0.4) is 0 Å². The van der Waals surface area contributed by atoms with Crippen molar-refractivity contribution in [2.45, 2.75) is 45.5 Å². The molecule has 0 fully saturated rings. The fraction of sp³-hybridized carbons (Fsp3) is 0.348. The molecule has 2 aromatic carbocycles. The molecule has 0 spiro atoms. The lowest BCUT2D eigenvalue weighted by Gasteiger charge is -2.29. The second-order valence-corrected chi connectivity index (χ2v) is 7.57. The third kappa shape index (κ3) is 4.21. The van der Waals surface area contributed by atoms with Gasteiger partial charge in [0, 0.05) is 24.5 Å². The number of hydrogen-bond acceptors (Lipinski definition) is 4. The molecule has 0 aliphatic carbocycles. The van der Waals surface area contributed by atoms with Crippen LogP contribution in [0.4, 0.5) is 13.2 Å². The van der Waals surface area contributed by atoms with Crippen LogP contribution in [0, 0.1) is 0 Å². The molecule has 158 valence electrons. The van der Waals surface area contributed by atoms with Gasteiger partial charge in [-0.1, -0.05) is 31.5 Å². The van der Waals surface area contributed by atoms with Gasteiger partial charge in [-0.3, -0.25) is 4.90 Å². The van der Waals surface area contributed by atoms with E-state index in [1.54, 1.807) is 6.07 Å². The lowest BCUT2D eigenvalue weighted by atomic mass is 10.0. The molecular formula is C23H22F3NO3. The van der Waals surface area contributed by atoms with Gasteiger partial charge in [0.25, 0.3) is 0 Å². The number of ether oxygens (including phenoxy) is 1. The van der Waals surface area contributed by atoms with Crippen molar-refractivity contribution in [1.82, 2.24) is 4.90 Å². The number of unbranched alkanes of at least 4 members (excludes halogenated alkanes) is 1. The normalized spacial score (nSPS) is 14.5. The molecule has 4 rings (SSSR count). The molecule has 3 aromatic rings. The zero-order valence-electron chi connectivity index (χ0n) is 16.6. The summed E-state index contributed by atoms with van der Waals surface area (Å²) in [5, 5.41) is 0.881. The highest BCUT2D eigenvalue weighted by Gasteiger charge is 2.30. The summed E-state index contributed by atoms with van der Waals surface area (Å²) in [6.07, 6.45) is -1.62. The van der Waals surface area contributed by atoms with Crippen molar-refractivity contribution in [2.24, 2.45) is 0 Å². The lowest BCUT2D eigenvalue weighted by Crippen LogP contribution is -2.31. The Balaban J connectivity index is 1.64. The first-order valence-corrected chi connectivity index (χ1v) is 9.95. The molecule has 1 aromatic heterocycles. The number of nitrogens with zero attached hydrogens (tertiary/aromatic N) is 1. The van der Waals surface area contributed by atoms with Crippen molar-refractivity contribution >= 4 is 11.0 Å². The van der Waals surface area contributed by atoms with Gasteiger partial charge in [0.1, 0.15) is 18.1 Å². The summed E-state index contributed by atoms with van der Waals surface area (Å²) >= 11 is 0. The van der Waals surface area contributed by atoms with Crippen LogP contribution in [0.15, 0.2) is 51.7 Å². The van der Waals surface area contributed by atoms with E-state index < -0.39 is 17.4 Å². The van der Waals surface area contributed by atoms with E-state index in [2.05, 4.69) is 6.92 Å². The van der Waals surface area contributed by atoms with Crippen LogP contribution in [0.2, 0.25) is 0 Å². The number of fused-ring (bicyclic) bond motifs is 3. The van der Waals surface area contributed by atoms with E-state index in [-0.39, 0.29) is 6.73 Å². The van der Waals surface area contributed by atoms with Crippen LogP contribution in [0.25, 0.3) is 11.0 Å². The molecule has 0 bridgehead atoms. The first kappa shape index (κ1) is 20.5. The van der Waals surface area contributed by atoms with E-state index in [1.807, 2.05) is 17.0 Å². The van der Waals surface area contributed by atoms with Crippen LogP contribution in [0.1, 0.15) is 42.0 Å². The maximum absolute atomic E-state index is 13.0. The zero-order valence-corrected chi connectivity index (χ0v) is 16.6. The van der Waals surface area contributed by atoms with E-state index in [0.717, 1.165) is 47.9 Å². The summed E-state index contributed by atoms with van der Waals surface area (Å²) in [4.78, 5) is 14.0. The van der Waals surface area contributed by atoms with Gasteiger partial charge in [-0.15, -0.1) is 0 Å². The lowest BCUT2D eigenvalue weighted by molar-refractivity contribution is -0.137. The van der Waals surface area contributed by atoms with Crippen molar-refractivity contribution in [2.75, 3.05) is 6.73 Å². The minimum atomic E-state index is -4.38. The maximum atomic E-state index is 13.0. The molecule has 0 radical (unpaired) electrons. The van der Waals surface area contributed by atoms with E-state index in [4.69, 9.17) is 9.15 Å². The summed E-state index contributed by atoms with van der Waals surface area (Å²) in [7, 11) is 0. The minimum Gasteiger partial charge on any atom is -0.478 e. The summed E-state index contributed by atoms with van der Waals surface area (Å²) in [6.45, 7) is 3.05. The zero-order chi connectivity index (χ0) is 21.3. The second kappa shape index (κ2) is 8.14. The molecule has 0 saturated heterocycles. The Bertz CT molecular complexity index is 1120. The van der Waals surface area contributed by atoms with Gasteiger partial charge in [-0.2, -0.15) is 13.2 Å². The number of alkyl halides is 3. The SMILES string of the molecule is CCCCc1cc(=O)oc2c3c(ccc12)OCN(Cc1cccc(C(F)(F)F)c1)C3. The third-order valence-corrected chi connectivity index (χ3v) is 5.30. The Morgan fingerprint density at radius 2 is 1.97 bits per heavy atom. The van der Waals surface area contributed by atoms with Crippen molar-refractivity contribution in [1.29, 1.82) is 0 Å². The van der Waals surface area contributed by atoms with Crippen LogP contribution >= 0.6 is 0 Å². The number of hydrogen-bond donors (Lipinski definition) is 0. The highest BCUT2D eigenvalue weighted by Crippen LogP contribution is 2.34. The van der Waals surface area contributed by atoms with Gasteiger partial charge < -0.3 is 9.15 Å². The van der Waals surface area contributed by atoms with Crippen LogP contribution in [0.5, 0.6) is 5.75 Å². The van der Waals surface area contributed by atoms with Crippen LogP contribution in [-0.4, -0.2) is 11.6 Å². The molecule has 4 nitrogen and oxygen atoms in total. The van der Waals surface area contributed by atoms with Crippen molar-refractivity contribution < 1.29 is 22.3 Å². The number of rotatable bonds is 5. The average Bonchev–Trinajstić information content (AvgIpc) is 2.71. The largest absolute Gasteiger partial charge is 0.478 e. The Labute approximate surface area is 171 Å². The molecule has 7 heteroatoms. The van der Waals surface area contributed by atoms with E-state index in [1.165, 1.54) is 12.1 Å². The van der Waals surface area contributed by atoms with Gasteiger partial charge in [0.15, 0.2) is 0 Å². The van der Waals surface area contributed by atoms with Crippen LogP contribution in [-0.2, 0) is 25.7 Å². The monoisotopic (exact) mass is 417 g/mol. The van der Waals surface area contributed by atoms with Crippen LogP contribution < -0.4 is 10.4 Å². The predicted molar refractivity (Wildman–Crippen MR) is 107 cm³/mol. The van der Waals surface area contributed by atoms with Crippen molar-refractivity contribution in [3.63, 3.8) is 0 Å². The molecule has 30 heavy (non-hydrogen) atoms. The molecule has 2 heterocycles. The predicted octanol–water partition coefficient (Wildman–Crippen LogP) is 5.51. The van der Waals surface area contributed by atoms with Gasteiger partial charge in [-0.25, -0.2) is 4.79 Å². The summed E-state index contributed by atoms with van der Waals surface area (Å²) in [6, 6.07) is 10.6. The standard InChI is InChI=1S/C23H22F3NO3/c1-2-3-6-16-11-21(28)30-22-18(16)8-9-20-19(22)13-27(14-29-20)12-15-5-4-7-17(10-15)23(24,25)26/h4-5,7-11H,2-3,6,12-14H2,1H3. The highest BCUT2D eigenvalue weighted by molar-refractivity contribution is 5.85. The average molecular weight is 417 g/mol. The maximum Gasteiger partial charge on any atom is 0.416 e. The van der Waals surface area contributed by atoms with E-state index in [0.29, 0.717) is 30.0 Å². The molecule has 0 saturated carbocycles. The first-order chi connectivity index (χ1) is 14.3. The summed E-state index contributed by atoms with van der Waals surface area (Å²) < 4.78 is 50.4. The fourth-order valence-electron chi connectivity index (χ4n) is 3.82. The molecule has 0 atom stereocenters. The van der Waals surface area contributed by atoms with E-state index >= 15 is 0 Å². The van der Waals surface area contributed by atoms with E-state index in [9.17, 15) is 18.0 Å². The molecule has 0 unspecified atom stereocenters. The number of aryl methyl sites for hydroxylation is 1. The second-order valence-electron chi connectivity index (χ2n) is 7.57. The first-order valence-electron chi connectivity index (χ1n) is 9.95. The Kier molecular flexibility index (Phi) is 5.56. The summed E-state index contributed by atoms with van der Waals surface area (Å²) in [5.74, 6) is 0.638.